The van der Waals surface area contributed by atoms with Crippen LogP contribution in [0.25, 0.3) is 0 Å². The van der Waals surface area contributed by atoms with E-state index in [1.54, 1.807) is 0 Å². The van der Waals surface area contributed by atoms with E-state index in [1.165, 1.54) is 0 Å². The zero-order valence-corrected chi connectivity index (χ0v) is 9.72. The summed E-state index contributed by atoms with van der Waals surface area (Å²) in [6.07, 6.45) is 0. The molecule has 0 aromatic carbocycles. The van der Waals surface area contributed by atoms with Crippen molar-refractivity contribution in [3.63, 3.8) is 0 Å². The Labute approximate surface area is 88.7 Å². The summed E-state index contributed by atoms with van der Waals surface area (Å²) in [5.74, 6) is 0. The first-order valence-corrected chi connectivity index (χ1v) is 3.20. The average molecular weight is 262 g/mol. The molecule has 0 aromatic heterocycles. The van der Waals surface area contributed by atoms with Crippen molar-refractivity contribution in [1.29, 1.82) is 0 Å². The molecule has 5 heavy (non-hydrogen) atoms. The molecule has 3 nitrogen and oxygen atoms in total. The van der Waals surface area contributed by atoms with E-state index in [0.29, 0.717) is 0 Å². The van der Waals surface area contributed by atoms with Gasteiger partial charge in [-0.25, -0.2) is 0 Å². The van der Waals surface area contributed by atoms with Crippen LogP contribution in [-0.2, 0) is 0 Å². The Hall–Kier alpha value is 2.42. The molecular weight excluding hydrogens is 260 g/mol. The first kappa shape index (κ1) is 10.4. The molecule has 0 saturated heterocycles. The molecule has 0 unspecified atom stereocenters. The minimum absolute atomic E-state index is 0. The zero-order chi connectivity index (χ0) is 3.58. The van der Waals surface area contributed by atoms with Gasteiger partial charge in [-0.2, -0.15) is 0 Å². The molecule has 26 valence electrons. The van der Waals surface area contributed by atoms with E-state index in [9.17, 15) is 0 Å². The van der Waals surface area contributed by atoms with Crippen LogP contribution in [0.15, 0.2) is 0 Å². The first-order valence-electron chi connectivity index (χ1n) is 0.478. The van der Waals surface area contributed by atoms with Crippen molar-refractivity contribution in [2.75, 3.05) is 0 Å². The number of rotatable bonds is 0. The van der Waals surface area contributed by atoms with Crippen molar-refractivity contribution in [2.45, 2.75) is 0 Å². The van der Waals surface area contributed by atoms with E-state index in [2.05, 4.69) is 0 Å². The summed E-state index contributed by atoms with van der Waals surface area (Å²) >= 11 is -3.76. The van der Waals surface area contributed by atoms with E-state index < -0.39 is 21.1 Å². The van der Waals surface area contributed by atoms with Crippen LogP contribution in [0.3, 0.4) is 0 Å². The topological polar surface area (TPSA) is 66.3 Å². The minimum Gasteiger partial charge on any atom is -0.396 e. The predicted octanol–water partition coefficient (Wildman–Crippen LogP) is -8.81. The van der Waals surface area contributed by atoms with Crippen molar-refractivity contribution in [3.05, 3.63) is 0 Å². The second-order valence-corrected chi connectivity index (χ2v) is 1.35. The monoisotopic (exact) mass is 262 g/mol. The molecule has 0 amide bonds. The normalized spacial score (nSPS) is 7.20. The van der Waals surface area contributed by atoms with Gasteiger partial charge in [0.15, 0.2) is 0 Å². The molecule has 0 heterocycles. The molecule has 0 spiro atoms. The van der Waals surface area contributed by atoms with Gasteiger partial charge in [-0.3, -0.25) is 0 Å². The summed E-state index contributed by atoms with van der Waals surface area (Å²) in [7, 11) is 0. The SMILES string of the molecule is [H+].[O-][I+2]([O-])O.[Rb+]. The van der Waals surface area contributed by atoms with Crippen LogP contribution in [0.2, 0.25) is 0 Å². The zero-order valence-electron chi connectivity index (χ0n) is 3.64. The number of hydrogen-bond donors (Lipinski definition) is 1. The molecule has 0 aliphatic heterocycles. The van der Waals surface area contributed by atoms with Gasteiger partial charge < -0.3 is 6.87 Å². The van der Waals surface area contributed by atoms with Crippen LogP contribution in [0.5, 0.6) is 0 Å². The summed E-state index contributed by atoms with van der Waals surface area (Å²) in [4.78, 5) is 0. The van der Waals surface area contributed by atoms with Crippen LogP contribution in [0, 0.1) is 0 Å². The van der Waals surface area contributed by atoms with Crippen molar-refractivity contribution >= 4 is 0 Å². The van der Waals surface area contributed by atoms with Crippen molar-refractivity contribution in [2.24, 2.45) is 0 Å². The van der Waals surface area contributed by atoms with Crippen LogP contribution >= 0.6 is 0 Å². The van der Waals surface area contributed by atoms with Crippen molar-refractivity contribution < 1.29 is 91.0 Å². The van der Waals surface area contributed by atoms with E-state index in [1.807, 2.05) is 0 Å². The van der Waals surface area contributed by atoms with Gasteiger partial charge in [-0.05, 0) is 3.44 Å². The summed E-state index contributed by atoms with van der Waals surface area (Å²) in [6, 6.07) is 0. The molecule has 0 bridgehead atoms. The van der Waals surface area contributed by atoms with Crippen LogP contribution in [0.1, 0.15) is 1.43 Å². The summed E-state index contributed by atoms with van der Waals surface area (Å²) in [6.45, 7) is 0. The minimum atomic E-state index is -3.76. The maximum Gasteiger partial charge on any atom is 1.00 e. The number of hydrogen-bond acceptors (Lipinski definition) is 3. The smallest absolute Gasteiger partial charge is 0.396 e. The Kier molecular flexibility index (Phi) is 13.4. The quantitative estimate of drug-likeness (QED) is 0.441. The van der Waals surface area contributed by atoms with Crippen molar-refractivity contribution in [1.82, 2.24) is 0 Å². The molecule has 0 fully saturated rings. The molecule has 0 atom stereocenters. The second kappa shape index (κ2) is 6.42. The summed E-state index contributed by atoms with van der Waals surface area (Å²) in [5, 5.41) is 0. The Balaban J connectivity index is -0.0000000450. The molecule has 0 aromatic rings. The van der Waals surface area contributed by atoms with Gasteiger partial charge in [0, 0.05) is 0 Å². The average Bonchev–Trinajstić information content (AvgIpc) is 0.811. The van der Waals surface area contributed by atoms with E-state index in [4.69, 9.17) is 10.3 Å². The van der Waals surface area contributed by atoms with Gasteiger partial charge in [-0.15, -0.1) is 0 Å². The predicted molar refractivity (Wildman–Crippen MR) is 3.33 cm³/mol. The largest absolute Gasteiger partial charge is 1.00 e. The van der Waals surface area contributed by atoms with Gasteiger partial charge in [0.2, 0.25) is 0 Å². The van der Waals surface area contributed by atoms with E-state index in [0.717, 1.165) is 0 Å². The standard InChI is InChI=1S/HIO3.Rb/c2-1(3)4;/h2H;/q;+1/p+1. The number of halogens is 1. The van der Waals surface area contributed by atoms with Gasteiger partial charge >= 0.3 is 80.7 Å². The van der Waals surface area contributed by atoms with E-state index >= 15 is 0 Å². The second-order valence-electron chi connectivity index (χ2n) is 0.201. The Morgan fingerprint density at radius 3 is 1.60 bits per heavy atom. The molecule has 0 saturated carbocycles. The fourth-order valence-electron chi connectivity index (χ4n) is 0. The fourth-order valence-corrected chi connectivity index (χ4v) is 0. The summed E-state index contributed by atoms with van der Waals surface area (Å²) < 4.78 is 24.5. The van der Waals surface area contributed by atoms with Gasteiger partial charge in [0.1, 0.15) is 0 Å². The third-order valence-corrected chi connectivity index (χ3v) is 0. The Morgan fingerprint density at radius 1 is 1.60 bits per heavy atom. The Bertz CT molecular complexity index is 15.5. The summed E-state index contributed by atoms with van der Waals surface area (Å²) in [5.41, 5.74) is 0. The maximum atomic E-state index is 8.68. The Morgan fingerprint density at radius 2 is 1.60 bits per heavy atom. The molecule has 1 N–H and O–H groups in total. The molecular formula is H2IO3Rb+2. The van der Waals surface area contributed by atoms with Crippen molar-refractivity contribution in [3.8, 4) is 0 Å². The molecule has 0 rings (SSSR count). The van der Waals surface area contributed by atoms with Crippen LogP contribution in [0.4, 0.5) is 0 Å². The third-order valence-electron chi connectivity index (χ3n) is 0. The molecule has 5 heteroatoms. The molecule has 0 radical (unpaired) electrons. The van der Waals surface area contributed by atoms with Crippen LogP contribution < -0.4 is 86.1 Å². The van der Waals surface area contributed by atoms with Crippen LogP contribution in [-0.4, -0.2) is 3.44 Å². The van der Waals surface area contributed by atoms with E-state index in [-0.39, 0.29) is 59.6 Å². The third kappa shape index (κ3) is 21.4. The van der Waals surface area contributed by atoms with Gasteiger partial charge in [0.05, 0.1) is 0 Å². The molecule has 0 aliphatic carbocycles. The molecule has 0 aliphatic rings. The first-order chi connectivity index (χ1) is 1.73. The fraction of sp³-hybridized carbons (Fsp3) is 0. The van der Waals surface area contributed by atoms with Gasteiger partial charge in [-0.1, -0.05) is 0 Å². The van der Waals surface area contributed by atoms with Gasteiger partial charge in [0.25, 0.3) is 0 Å². The maximum absolute atomic E-state index is 8.68.